The molecule has 1 saturated carbocycles. The highest BCUT2D eigenvalue weighted by molar-refractivity contribution is 4.91. The number of hydrogen-bond acceptors (Lipinski definition) is 2. The third kappa shape index (κ3) is 1.99. The highest BCUT2D eigenvalue weighted by atomic mass is 16.3. The van der Waals surface area contributed by atoms with Gasteiger partial charge in [-0.1, -0.05) is 12.8 Å². The van der Waals surface area contributed by atoms with Crippen LogP contribution < -0.4 is 0 Å². The Morgan fingerprint density at radius 3 is 2.83 bits per heavy atom. The minimum absolute atomic E-state index is 0.339. The van der Waals surface area contributed by atoms with Crippen LogP contribution in [0.15, 0.2) is 0 Å². The Labute approximate surface area is 74.6 Å². The molecule has 70 valence electrons. The zero-order valence-corrected chi connectivity index (χ0v) is 7.92. The van der Waals surface area contributed by atoms with E-state index in [2.05, 4.69) is 11.9 Å². The van der Waals surface area contributed by atoms with Gasteiger partial charge in [-0.15, -0.1) is 0 Å². The largest absolute Gasteiger partial charge is 0.389 e. The zero-order chi connectivity index (χ0) is 8.60. The topological polar surface area (TPSA) is 23.5 Å². The average molecular weight is 169 g/mol. The van der Waals surface area contributed by atoms with Gasteiger partial charge in [-0.3, -0.25) is 0 Å². The van der Waals surface area contributed by atoms with Crippen LogP contribution in [0.25, 0.3) is 0 Å². The van der Waals surface area contributed by atoms with Crippen molar-refractivity contribution in [2.75, 3.05) is 20.1 Å². The van der Waals surface area contributed by atoms with Gasteiger partial charge in [0.25, 0.3) is 0 Å². The van der Waals surface area contributed by atoms with E-state index in [9.17, 15) is 5.11 Å². The number of likely N-dealkylation sites (N-methyl/N-ethyl adjacent to an activating group) is 1. The fourth-order valence-electron chi connectivity index (χ4n) is 2.36. The lowest BCUT2D eigenvalue weighted by molar-refractivity contribution is -0.0334. The van der Waals surface area contributed by atoms with Gasteiger partial charge in [-0.05, 0) is 38.8 Å². The molecule has 1 saturated heterocycles. The van der Waals surface area contributed by atoms with Crippen LogP contribution >= 0.6 is 0 Å². The number of rotatable bonds is 2. The Kier molecular flexibility index (Phi) is 2.13. The molecule has 0 aromatic heterocycles. The maximum absolute atomic E-state index is 10.2. The summed E-state index contributed by atoms with van der Waals surface area (Å²) >= 11 is 0. The van der Waals surface area contributed by atoms with Crippen molar-refractivity contribution in [1.82, 2.24) is 4.90 Å². The molecule has 1 aliphatic carbocycles. The van der Waals surface area contributed by atoms with Crippen molar-refractivity contribution in [3.63, 3.8) is 0 Å². The Hall–Kier alpha value is -0.0800. The number of hydrogen-bond donors (Lipinski definition) is 1. The summed E-state index contributed by atoms with van der Waals surface area (Å²) in [6.45, 7) is 2.05. The Morgan fingerprint density at radius 2 is 2.25 bits per heavy atom. The first-order valence-corrected chi connectivity index (χ1v) is 5.09. The van der Waals surface area contributed by atoms with Crippen LogP contribution in [0.4, 0.5) is 0 Å². The van der Waals surface area contributed by atoms with E-state index in [1.165, 1.54) is 19.3 Å². The molecule has 2 nitrogen and oxygen atoms in total. The molecule has 2 rings (SSSR count). The molecule has 1 unspecified atom stereocenters. The van der Waals surface area contributed by atoms with Gasteiger partial charge in [-0.25, -0.2) is 0 Å². The van der Waals surface area contributed by atoms with E-state index in [0.29, 0.717) is 0 Å². The van der Waals surface area contributed by atoms with Gasteiger partial charge in [0.15, 0.2) is 0 Å². The number of aliphatic hydroxyl groups is 1. The molecule has 0 amide bonds. The van der Waals surface area contributed by atoms with Gasteiger partial charge in [0.05, 0.1) is 5.60 Å². The normalized spacial score (nSPS) is 38.5. The van der Waals surface area contributed by atoms with E-state index in [4.69, 9.17) is 0 Å². The SMILES string of the molecule is CN1CCCC(O)(CC2CC2)C1. The first kappa shape index (κ1) is 8.52. The second-order valence-electron chi connectivity index (χ2n) is 4.71. The number of likely N-dealkylation sites (tertiary alicyclic amines) is 1. The summed E-state index contributed by atoms with van der Waals surface area (Å²) < 4.78 is 0. The fourth-order valence-corrected chi connectivity index (χ4v) is 2.36. The molecule has 2 heteroatoms. The van der Waals surface area contributed by atoms with Gasteiger partial charge in [0.2, 0.25) is 0 Å². The van der Waals surface area contributed by atoms with Gasteiger partial charge in [0, 0.05) is 6.54 Å². The summed E-state index contributed by atoms with van der Waals surface area (Å²) in [6.07, 6.45) is 5.95. The summed E-state index contributed by atoms with van der Waals surface area (Å²) in [6, 6.07) is 0. The van der Waals surface area contributed by atoms with Crippen molar-refractivity contribution < 1.29 is 5.11 Å². The van der Waals surface area contributed by atoms with E-state index in [0.717, 1.165) is 31.8 Å². The van der Waals surface area contributed by atoms with Crippen LogP contribution in [-0.2, 0) is 0 Å². The maximum atomic E-state index is 10.2. The third-order valence-corrected chi connectivity index (χ3v) is 3.11. The molecule has 0 aromatic rings. The summed E-state index contributed by atoms with van der Waals surface area (Å²) in [5.41, 5.74) is -0.339. The van der Waals surface area contributed by atoms with Crippen molar-refractivity contribution >= 4 is 0 Å². The molecule has 0 radical (unpaired) electrons. The molecule has 0 aromatic carbocycles. The van der Waals surface area contributed by atoms with Gasteiger partial charge in [0.1, 0.15) is 0 Å². The highest BCUT2D eigenvalue weighted by Crippen LogP contribution is 2.39. The molecule has 0 spiro atoms. The molecule has 2 fully saturated rings. The predicted octanol–water partition coefficient (Wildman–Crippen LogP) is 1.24. The molecule has 1 atom stereocenters. The zero-order valence-electron chi connectivity index (χ0n) is 7.92. The highest BCUT2D eigenvalue weighted by Gasteiger charge is 2.37. The number of β-amino-alcohol motifs (C(OH)–C–C–N with tert-alkyl or cyclic N) is 1. The Bertz CT molecular complexity index is 163. The van der Waals surface area contributed by atoms with Gasteiger partial charge in [-0.2, -0.15) is 0 Å². The quantitative estimate of drug-likeness (QED) is 0.672. The van der Waals surface area contributed by atoms with Gasteiger partial charge >= 0.3 is 0 Å². The smallest absolute Gasteiger partial charge is 0.0777 e. The van der Waals surface area contributed by atoms with Crippen LogP contribution in [0.2, 0.25) is 0 Å². The fraction of sp³-hybridized carbons (Fsp3) is 1.00. The van der Waals surface area contributed by atoms with Crippen LogP contribution in [0.1, 0.15) is 32.1 Å². The first-order valence-electron chi connectivity index (χ1n) is 5.09. The van der Waals surface area contributed by atoms with E-state index in [1.54, 1.807) is 0 Å². The summed E-state index contributed by atoms with van der Waals surface area (Å²) in [7, 11) is 2.11. The average Bonchev–Trinajstić information content (AvgIpc) is 2.69. The third-order valence-electron chi connectivity index (χ3n) is 3.11. The molecule has 1 N–H and O–H groups in total. The summed E-state index contributed by atoms with van der Waals surface area (Å²) in [4.78, 5) is 2.26. The van der Waals surface area contributed by atoms with Crippen molar-refractivity contribution in [2.45, 2.75) is 37.7 Å². The first-order chi connectivity index (χ1) is 5.68. The Morgan fingerprint density at radius 1 is 1.50 bits per heavy atom. The maximum Gasteiger partial charge on any atom is 0.0777 e. The summed E-state index contributed by atoms with van der Waals surface area (Å²) in [5, 5.41) is 10.2. The van der Waals surface area contributed by atoms with Crippen molar-refractivity contribution in [1.29, 1.82) is 0 Å². The lowest BCUT2D eigenvalue weighted by atomic mass is 9.88. The van der Waals surface area contributed by atoms with Crippen LogP contribution in [0, 0.1) is 5.92 Å². The van der Waals surface area contributed by atoms with Crippen molar-refractivity contribution in [2.24, 2.45) is 5.92 Å². The molecular weight excluding hydrogens is 150 g/mol. The molecule has 1 aliphatic heterocycles. The lowest BCUT2D eigenvalue weighted by Crippen LogP contribution is -2.46. The monoisotopic (exact) mass is 169 g/mol. The van der Waals surface area contributed by atoms with E-state index >= 15 is 0 Å². The van der Waals surface area contributed by atoms with Gasteiger partial charge < -0.3 is 10.0 Å². The van der Waals surface area contributed by atoms with Crippen LogP contribution in [0.3, 0.4) is 0 Å². The number of nitrogens with zero attached hydrogens (tertiary/aromatic N) is 1. The second-order valence-corrected chi connectivity index (χ2v) is 4.71. The Balaban J connectivity index is 1.88. The molecule has 1 heterocycles. The molecule has 2 aliphatic rings. The minimum Gasteiger partial charge on any atom is -0.389 e. The van der Waals surface area contributed by atoms with Crippen molar-refractivity contribution in [3.8, 4) is 0 Å². The summed E-state index contributed by atoms with van der Waals surface area (Å²) in [5.74, 6) is 0.849. The van der Waals surface area contributed by atoms with Crippen molar-refractivity contribution in [3.05, 3.63) is 0 Å². The number of piperidine rings is 1. The minimum atomic E-state index is -0.339. The van der Waals surface area contributed by atoms with E-state index in [1.807, 2.05) is 0 Å². The van der Waals surface area contributed by atoms with Crippen LogP contribution in [0.5, 0.6) is 0 Å². The van der Waals surface area contributed by atoms with Crippen LogP contribution in [-0.4, -0.2) is 35.7 Å². The predicted molar refractivity (Wildman–Crippen MR) is 49.0 cm³/mol. The van der Waals surface area contributed by atoms with E-state index < -0.39 is 0 Å². The van der Waals surface area contributed by atoms with E-state index in [-0.39, 0.29) is 5.60 Å². The second kappa shape index (κ2) is 3.00. The molecule has 12 heavy (non-hydrogen) atoms. The molecule has 0 bridgehead atoms. The standard InChI is InChI=1S/C10H19NO/c1-11-6-2-5-10(12,8-11)7-9-3-4-9/h9,12H,2-8H2,1H3. The molecular formula is C10H19NO. The lowest BCUT2D eigenvalue weighted by Gasteiger charge is -2.37.